The molecule has 0 bridgehead atoms. The summed E-state index contributed by atoms with van der Waals surface area (Å²) in [5.41, 5.74) is 1.14. The first kappa shape index (κ1) is 17.7. The Kier molecular flexibility index (Phi) is 7.64. The highest BCUT2D eigenvalue weighted by atomic mass is 35.5. The topological polar surface area (TPSA) is 17.8 Å². The average molecular weight is 357 g/mol. The Labute approximate surface area is 147 Å². The van der Waals surface area contributed by atoms with E-state index in [-0.39, 0.29) is 0 Å². The van der Waals surface area contributed by atoms with Gasteiger partial charge in [0.25, 0.3) is 0 Å². The molecule has 0 N–H and O–H groups in total. The number of hydrogen-bond donors (Lipinski definition) is 0. The number of thioether (sulfide) groups is 1. The Bertz CT molecular complexity index is 558. The van der Waals surface area contributed by atoms with Crippen LogP contribution in [0.3, 0.4) is 0 Å². The second-order valence-electron chi connectivity index (χ2n) is 5.39. The fourth-order valence-corrected chi connectivity index (χ4v) is 3.97. The Balaban J connectivity index is 1.99. The van der Waals surface area contributed by atoms with E-state index in [0.717, 1.165) is 22.8 Å². The minimum atomic E-state index is 0.368. The van der Waals surface area contributed by atoms with Crippen LogP contribution in [0.1, 0.15) is 37.8 Å². The second kappa shape index (κ2) is 9.49. The molecule has 0 spiro atoms. The molecule has 2 rings (SSSR count). The number of aromatic nitrogens is 2. The highest BCUT2D eigenvalue weighted by Crippen LogP contribution is 2.27. The van der Waals surface area contributed by atoms with Crippen LogP contribution in [-0.2, 0) is 6.42 Å². The highest BCUT2D eigenvalue weighted by Gasteiger charge is 2.14. The molecule has 0 aliphatic heterocycles. The van der Waals surface area contributed by atoms with Crippen LogP contribution in [0, 0.1) is 0 Å². The van der Waals surface area contributed by atoms with Crippen LogP contribution in [-0.4, -0.2) is 21.1 Å². The number of unbranched alkanes of at least 4 members (excludes halogenated alkanes) is 2. The van der Waals surface area contributed by atoms with Crippen LogP contribution >= 0.6 is 35.0 Å². The summed E-state index contributed by atoms with van der Waals surface area (Å²) in [6.07, 6.45) is 10.5. The van der Waals surface area contributed by atoms with Crippen molar-refractivity contribution in [1.29, 1.82) is 0 Å². The molecule has 1 aromatic carbocycles. The van der Waals surface area contributed by atoms with Gasteiger partial charge in [0.2, 0.25) is 0 Å². The van der Waals surface area contributed by atoms with Crippen molar-refractivity contribution in [2.75, 3.05) is 11.5 Å². The largest absolute Gasteiger partial charge is 0.333 e. The summed E-state index contributed by atoms with van der Waals surface area (Å²) in [6.45, 7) is 2.24. The summed E-state index contributed by atoms with van der Waals surface area (Å²) in [5, 5.41) is 1.43. The maximum atomic E-state index is 6.32. The van der Waals surface area contributed by atoms with E-state index in [0.29, 0.717) is 11.1 Å². The van der Waals surface area contributed by atoms with E-state index >= 15 is 0 Å². The van der Waals surface area contributed by atoms with E-state index in [1.807, 2.05) is 48.7 Å². The van der Waals surface area contributed by atoms with Crippen molar-refractivity contribution >= 4 is 35.0 Å². The van der Waals surface area contributed by atoms with Crippen molar-refractivity contribution in [2.45, 2.75) is 38.6 Å². The molecular formula is C17H22Cl2N2S. The zero-order chi connectivity index (χ0) is 15.8. The Morgan fingerprint density at radius 1 is 1.27 bits per heavy atom. The van der Waals surface area contributed by atoms with Crippen molar-refractivity contribution in [3.05, 3.63) is 52.5 Å². The summed E-state index contributed by atoms with van der Waals surface area (Å²) in [6, 6.07) is 6.11. The number of imidazole rings is 1. The number of nitrogens with zero attached hydrogens (tertiary/aromatic N) is 2. The normalized spacial score (nSPS) is 12.5. The van der Waals surface area contributed by atoms with Gasteiger partial charge >= 0.3 is 0 Å². The maximum Gasteiger partial charge on any atom is 0.0948 e. The molecular weight excluding hydrogens is 335 g/mol. The van der Waals surface area contributed by atoms with Crippen molar-refractivity contribution in [1.82, 2.24) is 9.55 Å². The lowest BCUT2D eigenvalue weighted by Gasteiger charge is -2.19. The van der Waals surface area contributed by atoms with Gasteiger partial charge < -0.3 is 4.57 Å². The summed E-state index contributed by atoms with van der Waals surface area (Å²) < 4.78 is 2.18. The summed E-state index contributed by atoms with van der Waals surface area (Å²) in [7, 11) is 0. The SMILES string of the molecule is CCCCCSCC(Cc1ccc(Cl)cc1Cl)n1ccnc1. The molecule has 120 valence electrons. The van der Waals surface area contributed by atoms with Gasteiger partial charge in [-0.2, -0.15) is 11.8 Å². The number of halogens is 2. The third-order valence-corrected chi connectivity index (χ3v) is 5.40. The maximum absolute atomic E-state index is 6.32. The molecule has 1 heterocycles. The van der Waals surface area contributed by atoms with Gasteiger partial charge in [-0.15, -0.1) is 0 Å². The highest BCUT2D eigenvalue weighted by molar-refractivity contribution is 7.99. The zero-order valence-electron chi connectivity index (χ0n) is 12.8. The molecule has 2 aromatic rings. The molecule has 0 saturated carbocycles. The quantitative estimate of drug-likeness (QED) is 0.520. The summed E-state index contributed by atoms with van der Waals surface area (Å²) in [5.74, 6) is 2.28. The minimum absolute atomic E-state index is 0.368. The van der Waals surface area contributed by atoms with Gasteiger partial charge in [-0.25, -0.2) is 4.98 Å². The van der Waals surface area contributed by atoms with Gasteiger partial charge in [0, 0.05) is 34.2 Å². The molecule has 1 aromatic heterocycles. The molecule has 0 fully saturated rings. The van der Waals surface area contributed by atoms with Crippen LogP contribution in [0.4, 0.5) is 0 Å². The van der Waals surface area contributed by atoms with Crippen molar-refractivity contribution in [3.63, 3.8) is 0 Å². The van der Waals surface area contributed by atoms with E-state index in [9.17, 15) is 0 Å². The molecule has 1 atom stereocenters. The average Bonchev–Trinajstić information content (AvgIpc) is 3.02. The molecule has 0 amide bonds. The smallest absolute Gasteiger partial charge is 0.0948 e. The molecule has 1 unspecified atom stereocenters. The molecule has 0 saturated heterocycles. The lowest BCUT2D eigenvalue weighted by Crippen LogP contribution is -2.14. The molecule has 22 heavy (non-hydrogen) atoms. The van der Waals surface area contributed by atoms with Gasteiger partial charge in [0.05, 0.1) is 6.33 Å². The first-order valence-corrected chi connectivity index (χ1v) is 9.61. The lowest BCUT2D eigenvalue weighted by molar-refractivity contribution is 0.552. The molecule has 0 aliphatic rings. The second-order valence-corrected chi connectivity index (χ2v) is 7.38. The van der Waals surface area contributed by atoms with E-state index in [1.54, 1.807) is 0 Å². The Morgan fingerprint density at radius 3 is 2.82 bits per heavy atom. The van der Waals surface area contributed by atoms with Gasteiger partial charge in [-0.1, -0.05) is 49.0 Å². The fourth-order valence-electron chi connectivity index (χ4n) is 2.35. The Hall–Kier alpha value is -0.640. The van der Waals surface area contributed by atoms with Gasteiger partial charge in [-0.05, 0) is 36.3 Å². The molecule has 0 aliphatic carbocycles. The van der Waals surface area contributed by atoms with Gasteiger partial charge in [0.1, 0.15) is 0 Å². The first-order chi connectivity index (χ1) is 10.7. The molecule has 2 nitrogen and oxygen atoms in total. The summed E-state index contributed by atoms with van der Waals surface area (Å²) >= 11 is 14.3. The third kappa shape index (κ3) is 5.53. The van der Waals surface area contributed by atoms with Crippen LogP contribution in [0.5, 0.6) is 0 Å². The standard InChI is InChI=1S/C17H22Cl2N2S/c1-2-3-4-9-22-12-16(21-8-7-20-13-21)10-14-5-6-15(18)11-17(14)19/h5-8,11,13,16H,2-4,9-10,12H2,1H3. The summed E-state index contributed by atoms with van der Waals surface area (Å²) in [4.78, 5) is 4.18. The van der Waals surface area contributed by atoms with Crippen LogP contribution in [0.25, 0.3) is 0 Å². The van der Waals surface area contributed by atoms with E-state index < -0.39 is 0 Å². The zero-order valence-corrected chi connectivity index (χ0v) is 15.2. The van der Waals surface area contributed by atoms with Crippen molar-refractivity contribution in [2.24, 2.45) is 0 Å². The van der Waals surface area contributed by atoms with Crippen LogP contribution in [0.15, 0.2) is 36.9 Å². The molecule has 0 radical (unpaired) electrons. The van der Waals surface area contributed by atoms with E-state index in [1.165, 1.54) is 25.0 Å². The van der Waals surface area contributed by atoms with Gasteiger partial charge in [0.15, 0.2) is 0 Å². The number of benzene rings is 1. The molecule has 5 heteroatoms. The van der Waals surface area contributed by atoms with Crippen LogP contribution in [0.2, 0.25) is 10.0 Å². The Morgan fingerprint density at radius 2 is 2.14 bits per heavy atom. The van der Waals surface area contributed by atoms with Crippen LogP contribution < -0.4 is 0 Å². The van der Waals surface area contributed by atoms with Crippen molar-refractivity contribution < 1.29 is 0 Å². The monoisotopic (exact) mass is 356 g/mol. The van der Waals surface area contributed by atoms with Gasteiger partial charge in [-0.3, -0.25) is 0 Å². The van der Waals surface area contributed by atoms with E-state index in [4.69, 9.17) is 23.2 Å². The fraction of sp³-hybridized carbons (Fsp3) is 0.471. The minimum Gasteiger partial charge on any atom is -0.333 e. The number of rotatable bonds is 9. The first-order valence-electron chi connectivity index (χ1n) is 7.69. The predicted molar refractivity (Wildman–Crippen MR) is 98.3 cm³/mol. The predicted octanol–water partition coefficient (Wildman–Crippen LogP) is 5.90. The lowest BCUT2D eigenvalue weighted by atomic mass is 10.1. The van der Waals surface area contributed by atoms with E-state index in [2.05, 4.69) is 16.5 Å². The third-order valence-electron chi connectivity index (χ3n) is 3.62. The number of hydrogen-bond acceptors (Lipinski definition) is 2. The van der Waals surface area contributed by atoms with Crippen molar-refractivity contribution in [3.8, 4) is 0 Å².